The average Bonchev–Trinajstić information content (AvgIpc) is 3.32. The standard InChI is InChI=1S/C41H54N4O5/c1-40(2)22-32-23-41(3,26-40)27-45(32)24-33-21-36(29-15-13-28(25-46)14-16-29)50-39(49-33)30-17-19-31(20-18-30)43-37(47)11-5-4-6-12-38(48)44-35-10-8-7-9-34(35)42/h7-10,13-20,32-33,36,39,46H,4-6,11-12,21-27,42H2,1-3H3,(H,43,47)(H,44,48)/t32?,33-,36+,39+,41?/m1/s1. The van der Waals surface area contributed by atoms with Crippen molar-refractivity contribution < 1.29 is 24.2 Å². The van der Waals surface area contributed by atoms with Crippen molar-refractivity contribution in [1.82, 2.24) is 4.90 Å². The monoisotopic (exact) mass is 682 g/mol. The van der Waals surface area contributed by atoms with E-state index in [-0.39, 0.29) is 30.6 Å². The molecule has 1 saturated carbocycles. The molecule has 2 aliphatic heterocycles. The Labute approximate surface area is 296 Å². The van der Waals surface area contributed by atoms with Crippen molar-refractivity contribution in [3.8, 4) is 0 Å². The predicted octanol–water partition coefficient (Wildman–Crippen LogP) is 7.73. The van der Waals surface area contributed by atoms with Crippen LogP contribution in [0.5, 0.6) is 0 Å². The molecule has 9 heteroatoms. The van der Waals surface area contributed by atoms with Crippen LogP contribution in [0.2, 0.25) is 0 Å². The number of rotatable bonds is 13. The number of fused-ring (bicyclic) bond motifs is 2. The highest BCUT2D eigenvalue weighted by molar-refractivity contribution is 5.93. The summed E-state index contributed by atoms with van der Waals surface area (Å²) in [5.41, 5.74) is 11.4. The van der Waals surface area contributed by atoms with Gasteiger partial charge in [-0.25, -0.2) is 0 Å². The minimum atomic E-state index is -0.537. The highest BCUT2D eigenvalue weighted by Gasteiger charge is 2.50. The molecule has 1 aliphatic carbocycles. The summed E-state index contributed by atoms with van der Waals surface area (Å²) in [6.07, 6.45) is 6.77. The third kappa shape index (κ3) is 9.31. The number of amides is 2. The predicted molar refractivity (Wildman–Crippen MR) is 197 cm³/mol. The second kappa shape index (κ2) is 15.6. The molecule has 2 bridgehead atoms. The van der Waals surface area contributed by atoms with E-state index >= 15 is 0 Å². The third-order valence-electron chi connectivity index (χ3n) is 10.6. The fourth-order valence-corrected chi connectivity index (χ4v) is 8.60. The van der Waals surface area contributed by atoms with Gasteiger partial charge >= 0.3 is 0 Å². The Morgan fingerprint density at radius 2 is 1.54 bits per heavy atom. The van der Waals surface area contributed by atoms with Crippen molar-refractivity contribution in [3.63, 3.8) is 0 Å². The normalized spacial score (nSPS) is 26.0. The number of carbonyl (C=O) groups is 2. The van der Waals surface area contributed by atoms with E-state index in [1.54, 1.807) is 12.1 Å². The molecule has 3 aliphatic rings. The van der Waals surface area contributed by atoms with Gasteiger partial charge in [0.2, 0.25) is 11.8 Å². The van der Waals surface area contributed by atoms with E-state index in [1.807, 2.05) is 48.5 Å². The quantitative estimate of drug-likeness (QED) is 0.107. The maximum absolute atomic E-state index is 12.7. The lowest BCUT2D eigenvalue weighted by atomic mass is 9.65. The van der Waals surface area contributed by atoms with E-state index in [9.17, 15) is 14.7 Å². The van der Waals surface area contributed by atoms with Gasteiger partial charge in [-0.2, -0.15) is 0 Å². The van der Waals surface area contributed by atoms with Crippen LogP contribution in [0, 0.1) is 10.8 Å². The van der Waals surface area contributed by atoms with Gasteiger partial charge in [0.15, 0.2) is 6.29 Å². The van der Waals surface area contributed by atoms with Crippen molar-refractivity contribution in [1.29, 1.82) is 0 Å². The molecule has 50 heavy (non-hydrogen) atoms. The van der Waals surface area contributed by atoms with Gasteiger partial charge in [0.1, 0.15) is 0 Å². The molecule has 0 radical (unpaired) electrons. The fraction of sp³-hybridized carbons (Fsp3) is 0.512. The van der Waals surface area contributed by atoms with Crippen LogP contribution in [-0.4, -0.2) is 47.1 Å². The lowest BCUT2D eigenvalue weighted by Crippen LogP contribution is -2.42. The van der Waals surface area contributed by atoms with Gasteiger partial charge in [0, 0.05) is 49.6 Å². The van der Waals surface area contributed by atoms with E-state index in [0.717, 1.165) is 48.3 Å². The van der Waals surface area contributed by atoms with Crippen molar-refractivity contribution in [2.24, 2.45) is 10.8 Å². The number of anilines is 3. The first-order valence-electron chi connectivity index (χ1n) is 18.3. The van der Waals surface area contributed by atoms with Crippen molar-refractivity contribution in [2.75, 3.05) is 29.5 Å². The highest BCUT2D eigenvalue weighted by atomic mass is 16.7. The first kappa shape index (κ1) is 36.0. The van der Waals surface area contributed by atoms with Gasteiger partial charge < -0.3 is 30.9 Å². The van der Waals surface area contributed by atoms with Crippen LogP contribution in [0.1, 0.15) is 108 Å². The summed E-state index contributed by atoms with van der Waals surface area (Å²) < 4.78 is 13.3. The molecule has 2 saturated heterocycles. The Morgan fingerprint density at radius 3 is 2.24 bits per heavy atom. The number of unbranched alkanes of at least 4 members (excludes halogenated alkanes) is 2. The number of nitrogens with one attached hydrogen (secondary N) is 2. The van der Waals surface area contributed by atoms with Crippen LogP contribution < -0.4 is 16.4 Å². The second-order valence-corrected chi connectivity index (χ2v) is 15.9. The van der Waals surface area contributed by atoms with E-state index in [2.05, 4.69) is 48.4 Å². The summed E-state index contributed by atoms with van der Waals surface area (Å²) in [4.78, 5) is 27.6. The van der Waals surface area contributed by atoms with E-state index in [0.29, 0.717) is 53.9 Å². The number of benzene rings is 3. The number of ether oxygens (including phenoxy) is 2. The molecule has 0 aromatic heterocycles. The third-order valence-corrected chi connectivity index (χ3v) is 10.6. The molecule has 268 valence electrons. The lowest BCUT2D eigenvalue weighted by Gasteiger charge is -2.41. The zero-order valence-corrected chi connectivity index (χ0v) is 29.8. The average molecular weight is 683 g/mol. The minimum Gasteiger partial charge on any atom is -0.397 e. The Kier molecular flexibility index (Phi) is 11.3. The summed E-state index contributed by atoms with van der Waals surface area (Å²) in [5.74, 6) is -0.129. The largest absolute Gasteiger partial charge is 0.397 e. The molecule has 0 spiro atoms. The first-order valence-corrected chi connectivity index (χ1v) is 18.3. The van der Waals surface area contributed by atoms with Gasteiger partial charge in [0.25, 0.3) is 0 Å². The maximum atomic E-state index is 12.7. The SMILES string of the molecule is CC1(C)CC2CC(C)(CN2C[C@H]2C[C@@H](c3ccc(CO)cc3)O[C@@H](c3ccc(NC(=O)CCCCCC(=O)Nc4ccccc4N)cc3)O2)C1. The second-order valence-electron chi connectivity index (χ2n) is 15.9. The molecular formula is C41H54N4O5. The molecule has 5 N–H and O–H groups in total. The molecule has 2 heterocycles. The summed E-state index contributed by atoms with van der Waals surface area (Å²) in [6, 6.07) is 23.6. The van der Waals surface area contributed by atoms with E-state index in [1.165, 1.54) is 19.3 Å². The first-order chi connectivity index (χ1) is 24.0. The highest BCUT2D eigenvalue weighted by Crippen LogP contribution is 2.53. The van der Waals surface area contributed by atoms with Crippen LogP contribution in [0.3, 0.4) is 0 Å². The molecule has 2 amide bonds. The van der Waals surface area contributed by atoms with E-state index < -0.39 is 6.29 Å². The number of hydrogen-bond acceptors (Lipinski definition) is 7. The number of hydrogen-bond donors (Lipinski definition) is 4. The molecule has 6 rings (SSSR count). The number of para-hydroxylation sites is 2. The van der Waals surface area contributed by atoms with Crippen LogP contribution >= 0.6 is 0 Å². The minimum absolute atomic E-state index is 0.00394. The molecule has 2 unspecified atom stereocenters. The molecule has 9 nitrogen and oxygen atoms in total. The molecule has 3 aromatic rings. The van der Waals surface area contributed by atoms with Crippen LogP contribution in [0.15, 0.2) is 72.8 Å². The zero-order valence-electron chi connectivity index (χ0n) is 29.8. The number of likely N-dealkylation sites (tertiary alicyclic amines) is 1. The van der Waals surface area contributed by atoms with Gasteiger partial charge in [-0.05, 0) is 78.3 Å². The lowest BCUT2D eigenvalue weighted by molar-refractivity contribution is -0.253. The summed E-state index contributed by atoms with van der Waals surface area (Å²) in [6.45, 7) is 9.27. The van der Waals surface area contributed by atoms with Crippen molar-refractivity contribution in [3.05, 3.63) is 89.5 Å². The number of aliphatic hydroxyl groups is 1. The van der Waals surface area contributed by atoms with E-state index in [4.69, 9.17) is 15.2 Å². The van der Waals surface area contributed by atoms with Gasteiger partial charge in [0.05, 0.1) is 30.2 Å². The molecule has 3 aromatic carbocycles. The Hall–Kier alpha value is -3.76. The number of nitrogens with zero attached hydrogens (tertiary/aromatic N) is 1. The topological polar surface area (TPSA) is 126 Å². The number of nitrogens with two attached hydrogens (primary N) is 1. The number of carbonyl (C=O) groups excluding carboxylic acids is 2. The van der Waals surface area contributed by atoms with Crippen LogP contribution in [-0.2, 0) is 25.7 Å². The summed E-state index contributed by atoms with van der Waals surface area (Å²) in [7, 11) is 0. The Balaban J connectivity index is 1.02. The van der Waals surface area contributed by atoms with Gasteiger partial charge in [-0.1, -0.05) is 75.7 Å². The van der Waals surface area contributed by atoms with Crippen LogP contribution in [0.4, 0.5) is 17.1 Å². The maximum Gasteiger partial charge on any atom is 0.224 e. The summed E-state index contributed by atoms with van der Waals surface area (Å²) >= 11 is 0. The van der Waals surface area contributed by atoms with Gasteiger partial charge in [-0.3, -0.25) is 14.5 Å². The van der Waals surface area contributed by atoms with Crippen LogP contribution in [0.25, 0.3) is 0 Å². The smallest absolute Gasteiger partial charge is 0.224 e. The van der Waals surface area contributed by atoms with Gasteiger partial charge in [-0.15, -0.1) is 0 Å². The molecule has 5 atom stereocenters. The van der Waals surface area contributed by atoms with Crippen molar-refractivity contribution in [2.45, 2.75) is 110 Å². The fourth-order valence-electron chi connectivity index (χ4n) is 8.60. The van der Waals surface area contributed by atoms with Crippen molar-refractivity contribution >= 4 is 28.9 Å². The zero-order chi connectivity index (χ0) is 35.3. The molecular weight excluding hydrogens is 628 g/mol. The molecule has 3 fully saturated rings. The Bertz CT molecular complexity index is 1610. The summed E-state index contributed by atoms with van der Waals surface area (Å²) in [5, 5.41) is 15.4. The Morgan fingerprint density at radius 1 is 0.860 bits per heavy atom. The number of aliphatic hydroxyl groups excluding tert-OH is 1. The number of nitrogen functional groups attached to an aromatic ring is 1.